The summed E-state index contributed by atoms with van der Waals surface area (Å²) < 4.78 is 0. The quantitative estimate of drug-likeness (QED) is 0.370. The summed E-state index contributed by atoms with van der Waals surface area (Å²) in [5.41, 5.74) is 0. The molecule has 0 fully saturated rings. The summed E-state index contributed by atoms with van der Waals surface area (Å²) in [7, 11) is 0. The third-order valence-electron chi connectivity index (χ3n) is 1.84. The molecule has 4 atom stereocenters. The van der Waals surface area contributed by atoms with Crippen LogP contribution in [0, 0.1) is 0 Å². The Morgan fingerprint density at radius 2 is 1.00 bits per heavy atom. The van der Waals surface area contributed by atoms with E-state index < -0.39 is 0 Å². The molecule has 0 radical (unpaired) electrons. The molecule has 0 saturated carbocycles. The topological polar surface area (TPSA) is 0 Å². The number of rotatable bonds is 8. The Bertz CT molecular complexity index is 138. The van der Waals surface area contributed by atoms with Crippen LogP contribution in [-0.2, 0) is 0 Å². The number of hydrogen-bond acceptors (Lipinski definition) is 7. The van der Waals surface area contributed by atoms with Gasteiger partial charge in [0, 0.05) is 44.0 Å². The van der Waals surface area contributed by atoms with E-state index in [-0.39, 0.29) is 21.0 Å². The van der Waals surface area contributed by atoms with Gasteiger partial charge in [-0.25, -0.2) is 0 Å². The van der Waals surface area contributed by atoms with Crippen LogP contribution in [0.1, 0.15) is 0 Å². The van der Waals surface area contributed by atoms with E-state index in [9.17, 15) is 0 Å². The van der Waals surface area contributed by atoms with Crippen LogP contribution in [0.3, 0.4) is 0 Å². The normalized spacial score (nSPS) is 19.6. The average molecular weight is 339 g/mol. The second-order valence-corrected chi connectivity index (χ2v) is 7.63. The lowest BCUT2D eigenvalue weighted by Crippen LogP contribution is -2.23. The molecule has 0 aliphatic carbocycles. The molecule has 15 heavy (non-hydrogen) atoms. The van der Waals surface area contributed by atoms with Crippen molar-refractivity contribution in [2.75, 3.05) is 23.0 Å². The molecule has 0 aromatic rings. The molecule has 0 amide bonds. The molecule has 0 heterocycles. The Morgan fingerprint density at radius 3 is 1.27 bits per heavy atom. The van der Waals surface area contributed by atoms with Gasteiger partial charge >= 0.3 is 0 Å². The molecule has 92 valence electrons. The molecule has 0 aliphatic heterocycles. The SMILES string of the molecule is SCC(S)C(S)CSCC(S)C(S)CS. The first-order valence-electron chi connectivity index (χ1n) is 4.54. The fourth-order valence-electron chi connectivity index (χ4n) is 0.775. The Balaban J connectivity index is 3.60. The highest BCUT2D eigenvalue weighted by molar-refractivity contribution is 8.01. The van der Waals surface area contributed by atoms with Crippen molar-refractivity contribution in [3.8, 4) is 0 Å². The lowest BCUT2D eigenvalue weighted by atomic mass is 10.3. The molecule has 0 nitrogen and oxygen atoms in total. The highest BCUT2D eigenvalue weighted by Crippen LogP contribution is 2.20. The number of thioether (sulfide) groups is 1. The van der Waals surface area contributed by atoms with Gasteiger partial charge in [0.1, 0.15) is 0 Å². The van der Waals surface area contributed by atoms with Crippen molar-refractivity contribution >= 4 is 87.5 Å². The fraction of sp³-hybridized carbons (Fsp3) is 1.00. The van der Waals surface area contributed by atoms with Gasteiger partial charge in [0.05, 0.1) is 0 Å². The molecule has 0 aromatic carbocycles. The van der Waals surface area contributed by atoms with Crippen molar-refractivity contribution in [2.45, 2.75) is 21.0 Å². The highest BCUT2D eigenvalue weighted by atomic mass is 32.2. The van der Waals surface area contributed by atoms with Gasteiger partial charge in [-0.3, -0.25) is 0 Å². The summed E-state index contributed by atoms with van der Waals surface area (Å²) in [5.74, 6) is 3.46. The third kappa shape index (κ3) is 8.21. The minimum absolute atomic E-state index is 0.249. The van der Waals surface area contributed by atoms with Gasteiger partial charge in [0.25, 0.3) is 0 Å². The van der Waals surface area contributed by atoms with Crippen LogP contribution < -0.4 is 0 Å². The van der Waals surface area contributed by atoms with Crippen LogP contribution in [0.4, 0.5) is 0 Å². The molecule has 0 aliphatic rings. The van der Waals surface area contributed by atoms with E-state index in [1.54, 1.807) is 0 Å². The zero-order valence-electron chi connectivity index (χ0n) is 8.23. The van der Waals surface area contributed by atoms with Crippen molar-refractivity contribution in [1.82, 2.24) is 0 Å². The van der Waals surface area contributed by atoms with Crippen molar-refractivity contribution in [2.24, 2.45) is 0 Å². The van der Waals surface area contributed by atoms with Crippen molar-refractivity contribution in [3.05, 3.63) is 0 Å². The van der Waals surface area contributed by atoms with Gasteiger partial charge in [-0.1, -0.05) is 0 Å². The Morgan fingerprint density at radius 1 is 0.667 bits per heavy atom. The fourth-order valence-corrected chi connectivity index (χ4v) is 4.04. The minimum atomic E-state index is 0.249. The van der Waals surface area contributed by atoms with Gasteiger partial charge in [0.15, 0.2) is 0 Å². The average Bonchev–Trinajstić information content (AvgIpc) is 2.26. The van der Waals surface area contributed by atoms with E-state index in [0.717, 1.165) is 23.0 Å². The Kier molecular flexibility index (Phi) is 12.1. The monoisotopic (exact) mass is 338 g/mol. The first-order valence-corrected chi connectivity index (χ1v) is 9.03. The molecular weight excluding hydrogens is 321 g/mol. The van der Waals surface area contributed by atoms with E-state index >= 15 is 0 Å². The van der Waals surface area contributed by atoms with Crippen LogP contribution in [-0.4, -0.2) is 44.0 Å². The molecule has 0 bridgehead atoms. The van der Waals surface area contributed by atoms with Crippen LogP contribution in [0.25, 0.3) is 0 Å². The first-order chi connectivity index (χ1) is 7.02. The van der Waals surface area contributed by atoms with Gasteiger partial charge in [-0.15, -0.1) is 0 Å². The molecule has 0 saturated heterocycles. The number of thiol groups is 6. The highest BCUT2D eigenvalue weighted by Gasteiger charge is 2.15. The molecule has 0 aromatic heterocycles. The Labute approximate surface area is 130 Å². The third-order valence-corrected chi connectivity index (χ3v) is 7.53. The largest absolute Gasteiger partial charge is 0.178 e. The summed E-state index contributed by atoms with van der Waals surface area (Å²) in [5, 5.41) is 1.06. The smallest absolute Gasteiger partial charge is 0.0232 e. The van der Waals surface area contributed by atoms with Crippen molar-refractivity contribution < 1.29 is 0 Å². The summed E-state index contributed by atoms with van der Waals surface area (Å²) in [4.78, 5) is 0. The maximum atomic E-state index is 4.48. The summed E-state index contributed by atoms with van der Waals surface area (Å²) in [6.07, 6.45) is 0. The lowest BCUT2D eigenvalue weighted by Gasteiger charge is -2.19. The van der Waals surface area contributed by atoms with Crippen molar-refractivity contribution in [3.63, 3.8) is 0 Å². The summed E-state index contributed by atoms with van der Waals surface area (Å²) >= 11 is 28.0. The maximum absolute atomic E-state index is 4.48. The lowest BCUT2D eigenvalue weighted by molar-refractivity contribution is 0.947. The van der Waals surface area contributed by atoms with Gasteiger partial charge in [-0.05, 0) is 0 Å². The predicted octanol–water partition coefficient (Wildman–Crippen LogP) is 2.77. The second kappa shape index (κ2) is 10.4. The molecule has 7 heteroatoms. The second-order valence-electron chi connectivity index (χ2n) is 3.17. The van der Waals surface area contributed by atoms with Gasteiger partial charge < -0.3 is 0 Å². The van der Waals surface area contributed by atoms with Crippen molar-refractivity contribution in [1.29, 1.82) is 0 Å². The zero-order chi connectivity index (χ0) is 11.8. The van der Waals surface area contributed by atoms with Crippen LogP contribution in [0.15, 0.2) is 0 Å². The molecule has 0 spiro atoms. The van der Waals surface area contributed by atoms with Crippen LogP contribution in [0.5, 0.6) is 0 Å². The summed E-state index contributed by atoms with van der Waals surface area (Å²) in [6.45, 7) is 0. The standard InChI is InChI=1S/C8H18S7/c9-1-5(11)7(13)3-15-4-8(14)6(12)2-10/h5-14H,1-4H2. The van der Waals surface area contributed by atoms with E-state index in [2.05, 4.69) is 75.8 Å². The maximum Gasteiger partial charge on any atom is 0.0232 e. The van der Waals surface area contributed by atoms with Crippen LogP contribution in [0.2, 0.25) is 0 Å². The Hall–Kier alpha value is 2.45. The van der Waals surface area contributed by atoms with Gasteiger partial charge in [0.2, 0.25) is 0 Å². The summed E-state index contributed by atoms with van der Waals surface area (Å²) in [6, 6.07) is 0. The van der Waals surface area contributed by atoms with Gasteiger partial charge in [-0.2, -0.15) is 87.5 Å². The minimum Gasteiger partial charge on any atom is -0.178 e. The van der Waals surface area contributed by atoms with Crippen LogP contribution >= 0.6 is 87.5 Å². The van der Waals surface area contributed by atoms with E-state index in [4.69, 9.17) is 0 Å². The molecule has 4 unspecified atom stereocenters. The first kappa shape index (κ1) is 17.4. The number of hydrogen-bond donors (Lipinski definition) is 6. The molecule has 0 rings (SSSR count). The van der Waals surface area contributed by atoms with E-state index in [0.29, 0.717) is 0 Å². The molecule has 0 N–H and O–H groups in total. The van der Waals surface area contributed by atoms with E-state index in [1.807, 2.05) is 11.8 Å². The zero-order valence-corrected chi connectivity index (χ0v) is 14.4. The molecular formula is C8H18S7. The predicted molar refractivity (Wildman–Crippen MR) is 96.1 cm³/mol. The van der Waals surface area contributed by atoms with E-state index in [1.165, 1.54) is 0 Å².